The summed E-state index contributed by atoms with van der Waals surface area (Å²) < 4.78 is 6.18. The van der Waals surface area contributed by atoms with Crippen LogP contribution in [0.1, 0.15) is 48.0 Å². The van der Waals surface area contributed by atoms with Gasteiger partial charge in [-0.05, 0) is 42.0 Å². The summed E-state index contributed by atoms with van der Waals surface area (Å²) in [5, 5.41) is 14.8. The average Bonchev–Trinajstić information content (AvgIpc) is 3.36. The largest absolute Gasteiger partial charge is 0.493 e. The topological polar surface area (TPSA) is 70.6 Å². The zero-order valence-corrected chi connectivity index (χ0v) is 18.2. The van der Waals surface area contributed by atoms with Gasteiger partial charge in [-0.3, -0.25) is 10.0 Å². The van der Waals surface area contributed by atoms with Crippen LogP contribution in [0.5, 0.6) is 5.75 Å². The normalized spacial score (nSPS) is 14.6. The highest BCUT2D eigenvalue weighted by Crippen LogP contribution is 2.26. The molecule has 3 aromatic carbocycles. The van der Waals surface area contributed by atoms with Crippen molar-refractivity contribution in [2.45, 2.75) is 38.1 Å². The van der Waals surface area contributed by atoms with E-state index in [0.717, 1.165) is 29.7 Å². The zero-order chi connectivity index (χ0) is 22.2. The van der Waals surface area contributed by atoms with E-state index in [-0.39, 0.29) is 0 Å². The third-order valence-corrected chi connectivity index (χ3v) is 6.05. The number of carbonyl (C=O) groups excluding carboxylic acids is 1. The van der Waals surface area contributed by atoms with Crippen molar-refractivity contribution >= 4 is 22.8 Å². The molecule has 0 radical (unpaired) electrons. The van der Waals surface area contributed by atoms with E-state index in [0.29, 0.717) is 18.2 Å². The van der Waals surface area contributed by atoms with Crippen molar-refractivity contribution in [3.05, 3.63) is 83.4 Å². The Morgan fingerprint density at radius 1 is 1.00 bits per heavy atom. The molecule has 166 valence electrons. The summed E-state index contributed by atoms with van der Waals surface area (Å²) >= 11 is 0. The predicted octanol–water partition coefficient (Wildman–Crippen LogP) is 5.34. The van der Waals surface area contributed by atoms with Crippen molar-refractivity contribution in [1.29, 1.82) is 0 Å². The first-order valence-corrected chi connectivity index (χ1v) is 11.3. The highest BCUT2D eigenvalue weighted by molar-refractivity contribution is 5.93. The van der Waals surface area contributed by atoms with Crippen LogP contribution in [0.4, 0.5) is 0 Å². The van der Waals surface area contributed by atoms with E-state index in [1.807, 2.05) is 36.4 Å². The number of hydrogen-bond donors (Lipinski definition) is 3. The Morgan fingerprint density at radius 2 is 1.75 bits per heavy atom. The second-order valence-corrected chi connectivity index (χ2v) is 8.30. The maximum absolute atomic E-state index is 11.6. The van der Waals surface area contributed by atoms with E-state index in [1.165, 1.54) is 36.6 Å². The monoisotopic (exact) mass is 430 g/mol. The molecule has 0 unspecified atom stereocenters. The molecule has 0 saturated heterocycles. The van der Waals surface area contributed by atoms with E-state index in [9.17, 15) is 4.79 Å². The molecule has 0 heterocycles. The third-order valence-electron chi connectivity index (χ3n) is 6.05. The van der Waals surface area contributed by atoms with Crippen LogP contribution in [0.25, 0.3) is 16.8 Å². The van der Waals surface area contributed by atoms with Crippen molar-refractivity contribution in [1.82, 2.24) is 10.8 Å². The Labute approximate surface area is 189 Å². The van der Waals surface area contributed by atoms with Gasteiger partial charge in [-0.15, -0.1) is 0 Å². The number of nitrogens with one attached hydrogen (secondary N) is 2. The molecule has 0 aromatic heterocycles. The summed E-state index contributed by atoms with van der Waals surface area (Å²) in [6, 6.07) is 22.2. The summed E-state index contributed by atoms with van der Waals surface area (Å²) in [5.74, 6) is 0.401. The number of hydroxylamine groups is 1. The molecule has 5 heteroatoms. The predicted molar refractivity (Wildman–Crippen MR) is 128 cm³/mol. The number of carbonyl (C=O) groups is 1. The Morgan fingerprint density at radius 3 is 2.53 bits per heavy atom. The minimum Gasteiger partial charge on any atom is -0.493 e. The molecule has 0 aliphatic heterocycles. The lowest BCUT2D eigenvalue weighted by molar-refractivity contribution is 0.0706. The number of benzene rings is 3. The fourth-order valence-corrected chi connectivity index (χ4v) is 4.26. The average molecular weight is 431 g/mol. The van der Waals surface area contributed by atoms with Crippen molar-refractivity contribution in [3.8, 4) is 5.75 Å². The highest BCUT2D eigenvalue weighted by Gasteiger charge is 2.14. The van der Waals surface area contributed by atoms with Gasteiger partial charge in [0.15, 0.2) is 0 Å². The molecule has 32 heavy (non-hydrogen) atoms. The van der Waals surface area contributed by atoms with Gasteiger partial charge in [0, 0.05) is 30.0 Å². The minimum atomic E-state index is -0.507. The quantitative estimate of drug-likeness (QED) is 0.316. The lowest BCUT2D eigenvalue weighted by Crippen LogP contribution is -2.28. The van der Waals surface area contributed by atoms with Gasteiger partial charge in [-0.2, -0.15) is 0 Å². The van der Waals surface area contributed by atoms with Crippen LogP contribution in [0.2, 0.25) is 0 Å². The van der Waals surface area contributed by atoms with E-state index in [4.69, 9.17) is 9.94 Å². The molecular formula is C27H30N2O3. The smallest absolute Gasteiger partial charge is 0.274 e. The molecule has 3 aromatic rings. The summed E-state index contributed by atoms with van der Waals surface area (Å²) in [6.07, 6.45) is 8.05. The van der Waals surface area contributed by atoms with Crippen molar-refractivity contribution < 1.29 is 14.7 Å². The highest BCUT2D eigenvalue weighted by atomic mass is 16.5. The van der Waals surface area contributed by atoms with Crippen LogP contribution in [0.3, 0.4) is 0 Å². The van der Waals surface area contributed by atoms with Crippen LogP contribution in [0.15, 0.2) is 72.3 Å². The lowest BCUT2D eigenvalue weighted by Gasteiger charge is -2.16. The Bertz CT molecular complexity index is 1060. The van der Waals surface area contributed by atoms with Gasteiger partial charge >= 0.3 is 0 Å². The Hall–Kier alpha value is -3.15. The fourth-order valence-electron chi connectivity index (χ4n) is 4.26. The zero-order valence-electron chi connectivity index (χ0n) is 18.2. The number of rotatable bonds is 9. The molecule has 4 rings (SSSR count). The van der Waals surface area contributed by atoms with Crippen molar-refractivity contribution in [2.75, 3.05) is 13.2 Å². The third kappa shape index (κ3) is 5.75. The summed E-state index contributed by atoms with van der Waals surface area (Å²) in [4.78, 5) is 11.6. The first-order chi connectivity index (χ1) is 15.7. The van der Waals surface area contributed by atoms with Crippen LogP contribution >= 0.6 is 0 Å². The standard InChI is InChI=1S/C27H30N2O3/c30-27(29-31)23-14-12-20(13-15-23)18-21(19-28-24-8-2-3-9-24)16-17-32-26-11-5-7-22-6-1-4-10-25(22)26/h1,4-7,10-15,18,24,28,31H,2-3,8-9,16-17,19H2,(H,29,30)/b21-18-. The summed E-state index contributed by atoms with van der Waals surface area (Å²) in [6.45, 7) is 1.42. The molecule has 3 N–H and O–H groups in total. The van der Waals surface area contributed by atoms with Crippen molar-refractivity contribution in [2.24, 2.45) is 0 Å². The van der Waals surface area contributed by atoms with Crippen LogP contribution < -0.4 is 15.5 Å². The van der Waals surface area contributed by atoms with E-state index < -0.39 is 5.91 Å². The molecule has 1 amide bonds. The van der Waals surface area contributed by atoms with Gasteiger partial charge in [0.25, 0.3) is 5.91 Å². The molecule has 5 nitrogen and oxygen atoms in total. The Balaban J connectivity index is 1.44. The number of amides is 1. The lowest BCUT2D eigenvalue weighted by atomic mass is 10.1. The van der Waals surface area contributed by atoms with Crippen LogP contribution in [-0.4, -0.2) is 30.3 Å². The second kappa shape index (κ2) is 10.9. The Kier molecular flexibility index (Phi) is 7.54. The van der Waals surface area contributed by atoms with Gasteiger partial charge in [0.1, 0.15) is 5.75 Å². The van der Waals surface area contributed by atoms with E-state index in [2.05, 4.69) is 29.6 Å². The maximum atomic E-state index is 11.6. The van der Waals surface area contributed by atoms with Gasteiger partial charge in [0.2, 0.25) is 0 Å². The molecule has 1 aliphatic rings. The number of hydrogen-bond acceptors (Lipinski definition) is 4. The van der Waals surface area contributed by atoms with E-state index in [1.54, 1.807) is 17.6 Å². The van der Waals surface area contributed by atoms with Crippen molar-refractivity contribution in [3.63, 3.8) is 0 Å². The van der Waals surface area contributed by atoms with E-state index >= 15 is 0 Å². The first kappa shape index (κ1) is 22.1. The minimum absolute atomic E-state index is 0.426. The molecule has 0 atom stereocenters. The second-order valence-electron chi connectivity index (χ2n) is 8.30. The SMILES string of the molecule is O=C(NO)c1ccc(/C=C(/CCOc2cccc3ccccc23)CNC2CCCC2)cc1. The van der Waals surface area contributed by atoms with Gasteiger partial charge < -0.3 is 10.1 Å². The molecule has 1 fully saturated rings. The van der Waals surface area contributed by atoms with Crippen LogP contribution in [0, 0.1) is 0 Å². The molecule has 0 bridgehead atoms. The number of ether oxygens (including phenoxy) is 1. The summed E-state index contributed by atoms with van der Waals surface area (Å²) in [7, 11) is 0. The molecule has 1 aliphatic carbocycles. The van der Waals surface area contributed by atoms with Gasteiger partial charge in [0.05, 0.1) is 6.61 Å². The maximum Gasteiger partial charge on any atom is 0.274 e. The van der Waals surface area contributed by atoms with Crippen LogP contribution in [-0.2, 0) is 0 Å². The number of fused-ring (bicyclic) bond motifs is 1. The molecule has 1 saturated carbocycles. The first-order valence-electron chi connectivity index (χ1n) is 11.3. The molecule has 0 spiro atoms. The molecular weight excluding hydrogens is 400 g/mol. The summed E-state index contributed by atoms with van der Waals surface area (Å²) in [5.41, 5.74) is 4.38. The van der Waals surface area contributed by atoms with Gasteiger partial charge in [-0.25, -0.2) is 5.48 Å². The van der Waals surface area contributed by atoms with Gasteiger partial charge in [-0.1, -0.05) is 73.0 Å². The fraction of sp³-hybridized carbons (Fsp3) is 0.296.